The molecule has 17 heavy (non-hydrogen) atoms. The van der Waals surface area contributed by atoms with E-state index in [4.69, 9.17) is 5.73 Å². The molecule has 1 aromatic carbocycles. The topological polar surface area (TPSA) is 49.6 Å². The Bertz CT molecular complexity index is 400. The third kappa shape index (κ3) is 2.84. The molecular formula is C13H19N3O. The first-order valence-electron chi connectivity index (χ1n) is 5.86. The summed E-state index contributed by atoms with van der Waals surface area (Å²) in [6, 6.07) is 8.09. The van der Waals surface area contributed by atoms with Gasteiger partial charge in [-0.05, 0) is 31.8 Å². The van der Waals surface area contributed by atoms with Gasteiger partial charge in [-0.25, -0.2) is 0 Å². The molecular weight excluding hydrogens is 214 g/mol. The quantitative estimate of drug-likeness (QED) is 0.840. The van der Waals surface area contributed by atoms with Gasteiger partial charge in [0.25, 0.3) is 0 Å². The van der Waals surface area contributed by atoms with Crippen molar-refractivity contribution in [3.8, 4) is 0 Å². The molecule has 0 spiro atoms. The first-order chi connectivity index (χ1) is 8.06. The maximum Gasteiger partial charge on any atom is 0.228 e. The van der Waals surface area contributed by atoms with Crippen LogP contribution in [0, 0.1) is 0 Å². The zero-order valence-electron chi connectivity index (χ0n) is 10.4. The Morgan fingerprint density at radius 2 is 2.00 bits per heavy atom. The van der Waals surface area contributed by atoms with E-state index in [-0.39, 0.29) is 11.9 Å². The minimum atomic E-state index is -0.0241. The van der Waals surface area contributed by atoms with Crippen molar-refractivity contribution < 1.29 is 4.79 Å². The van der Waals surface area contributed by atoms with Crippen LogP contribution in [0.1, 0.15) is 12.0 Å². The zero-order chi connectivity index (χ0) is 12.4. The molecule has 1 aliphatic rings. The predicted molar refractivity (Wildman–Crippen MR) is 68.8 cm³/mol. The summed E-state index contributed by atoms with van der Waals surface area (Å²) in [4.78, 5) is 15.6. The highest BCUT2D eigenvalue weighted by Crippen LogP contribution is 2.21. The second-order valence-electron chi connectivity index (χ2n) is 4.87. The van der Waals surface area contributed by atoms with Crippen molar-refractivity contribution in [2.45, 2.75) is 19.0 Å². The maximum atomic E-state index is 11.7. The van der Waals surface area contributed by atoms with E-state index < -0.39 is 0 Å². The lowest BCUT2D eigenvalue weighted by molar-refractivity contribution is -0.117. The molecule has 1 aromatic rings. The number of nitrogens with zero attached hydrogens (tertiary/aromatic N) is 2. The molecule has 0 saturated carbocycles. The molecule has 1 amide bonds. The van der Waals surface area contributed by atoms with Crippen molar-refractivity contribution in [1.29, 1.82) is 0 Å². The van der Waals surface area contributed by atoms with Gasteiger partial charge >= 0.3 is 0 Å². The lowest BCUT2D eigenvalue weighted by Gasteiger charge is -2.17. The number of anilines is 1. The fraction of sp³-hybridized carbons (Fsp3) is 0.462. The molecule has 0 radical (unpaired) electrons. The largest absolute Gasteiger partial charge is 0.326 e. The van der Waals surface area contributed by atoms with Gasteiger partial charge < -0.3 is 15.5 Å². The minimum Gasteiger partial charge on any atom is -0.326 e. The normalized spacial score (nSPS) is 20.4. The van der Waals surface area contributed by atoms with E-state index in [9.17, 15) is 4.79 Å². The molecule has 1 fully saturated rings. The van der Waals surface area contributed by atoms with Crippen LogP contribution in [0.15, 0.2) is 24.3 Å². The average Bonchev–Trinajstić information content (AvgIpc) is 2.58. The average molecular weight is 233 g/mol. The number of carbonyl (C=O) groups excluding carboxylic acids is 1. The summed E-state index contributed by atoms with van der Waals surface area (Å²) in [6.45, 7) is 1.54. The fourth-order valence-electron chi connectivity index (χ4n) is 2.13. The Balaban J connectivity index is 2.10. The van der Waals surface area contributed by atoms with E-state index in [0.717, 1.165) is 12.2 Å². The van der Waals surface area contributed by atoms with Gasteiger partial charge in [0.15, 0.2) is 0 Å². The molecule has 92 valence electrons. The summed E-state index contributed by atoms with van der Waals surface area (Å²) < 4.78 is 0. The van der Waals surface area contributed by atoms with Crippen LogP contribution in [0.2, 0.25) is 0 Å². The van der Waals surface area contributed by atoms with Gasteiger partial charge in [0.1, 0.15) is 0 Å². The van der Waals surface area contributed by atoms with Gasteiger partial charge in [0.2, 0.25) is 5.91 Å². The van der Waals surface area contributed by atoms with Crippen molar-refractivity contribution in [3.05, 3.63) is 29.8 Å². The lowest BCUT2D eigenvalue weighted by Crippen LogP contribution is -2.27. The minimum absolute atomic E-state index is 0.0241. The van der Waals surface area contributed by atoms with Gasteiger partial charge in [-0.15, -0.1) is 0 Å². The maximum absolute atomic E-state index is 11.7. The molecule has 2 rings (SSSR count). The SMILES string of the molecule is CN(C)Cc1ccc(N2CC(N)CC2=O)cc1. The van der Waals surface area contributed by atoms with Crippen molar-refractivity contribution in [2.75, 3.05) is 25.5 Å². The zero-order valence-corrected chi connectivity index (χ0v) is 10.4. The number of benzene rings is 1. The Morgan fingerprint density at radius 3 is 2.47 bits per heavy atom. The van der Waals surface area contributed by atoms with Crippen molar-refractivity contribution >= 4 is 11.6 Å². The van der Waals surface area contributed by atoms with Gasteiger partial charge in [0, 0.05) is 31.2 Å². The number of hydrogen-bond donors (Lipinski definition) is 1. The molecule has 1 heterocycles. The third-order valence-electron chi connectivity index (χ3n) is 2.90. The van der Waals surface area contributed by atoms with Crippen LogP contribution in [0.3, 0.4) is 0 Å². The molecule has 4 heteroatoms. The van der Waals surface area contributed by atoms with Crippen molar-refractivity contribution in [2.24, 2.45) is 5.73 Å². The molecule has 1 atom stereocenters. The number of carbonyl (C=O) groups is 1. The Hall–Kier alpha value is -1.39. The number of hydrogen-bond acceptors (Lipinski definition) is 3. The summed E-state index contributed by atoms with van der Waals surface area (Å²) in [7, 11) is 4.08. The molecule has 4 nitrogen and oxygen atoms in total. The summed E-state index contributed by atoms with van der Waals surface area (Å²) in [5.41, 5.74) is 7.97. The highest BCUT2D eigenvalue weighted by molar-refractivity contribution is 5.96. The van der Waals surface area contributed by atoms with E-state index in [2.05, 4.69) is 17.0 Å². The Labute approximate surface area is 102 Å². The summed E-state index contributed by atoms with van der Waals surface area (Å²) >= 11 is 0. The first-order valence-corrected chi connectivity index (χ1v) is 5.86. The van der Waals surface area contributed by atoms with Crippen LogP contribution in [-0.4, -0.2) is 37.5 Å². The lowest BCUT2D eigenvalue weighted by atomic mass is 10.2. The molecule has 1 aliphatic heterocycles. The van der Waals surface area contributed by atoms with E-state index in [1.807, 2.05) is 26.2 Å². The smallest absolute Gasteiger partial charge is 0.228 e. The number of amides is 1. The number of nitrogens with two attached hydrogens (primary N) is 1. The summed E-state index contributed by atoms with van der Waals surface area (Å²) in [5, 5.41) is 0. The van der Waals surface area contributed by atoms with E-state index in [1.165, 1.54) is 5.56 Å². The Kier molecular flexibility index (Phi) is 3.45. The van der Waals surface area contributed by atoms with E-state index in [1.54, 1.807) is 4.90 Å². The van der Waals surface area contributed by atoms with Crippen LogP contribution in [-0.2, 0) is 11.3 Å². The van der Waals surface area contributed by atoms with Gasteiger partial charge in [0.05, 0.1) is 0 Å². The van der Waals surface area contributed by atoms with Crippen LogP contribution in [0.5, 0.6) is 0 Å². The van der Waals surface area contributed by atoms with Gasteiger partial charge in [-0.3, -0.25) is 4.79 Å². The number of rotatable bonds is 3. The molecule has 1 unspecified atom stereocenters. The molecule has 0 aliphatic carbocycles. The second kappa shape index (κ2) is 4.85. The highest BCUT2D eigenvalue weighted by atomic mass is 16.2. The monoisotopic (exact) mass is 233 g/mol. The van der Waals surface area contributed by atoms with E-state index in [0.29, 0.717) is 13.0 Å². The van der Waals surface area contributed by atoms with Crippen molar-refractivity contribution in [1.82, 2.24) is 4.90 Å². The van der Waals surface area contributed by atoms with E-state index >= 15 is 0 Å². The van der Waals surface area contributed by atoms with Crippen LogP contribution >= 0.6 is 0 Å². The van der Waals surface area contributed by atoms with Crippen LogP contribution < -0.4 is 10.6 Å². The fourth-order valence-corrected chi connectivity index (χ4v) is 2.13. The molecule has 2 N–H and O–H groups in total. The Morgan fingerprint density at radius 1 is 1.35 bits per heavy atom. The van der Waals surface area contributed by atoms with Gasteiger partial charge in [-0.2, -0.15) is 0 Å². The third-order valence-corrected chi connectivity index (χ3v) is 2.90. The second-order valence-corrected chi connectivity index (χ2v) is 4.87. The first kappa shape index (κ1) is 12.1. The van der Waals surface area contributed by atoms with Crippen LogP contribution in [0.4, 0.5) is 5.69 Å². The predicted octanol–water partition coefficient (Wildman–Crippen LogP) is 0.812. The summed E-state index contributed by atoms with van der Waals surface area (Å²) in [5.74, 6) is 0.123. The standard InChI is InChI=1S/C13H19N3O/c1-15(2)8-10-3-5-12(6-4-10)16-9-11(14)7-13(16)17/h3-6,11H,7-9,14H2,1-2H3. The highest BCUT2D eigenvalue weighted by Gasteiger charge is 2.27. The molecule has 0 aromatic heterocycles. The van der Waals surface area contributed by atoms with Crippen LogP contribution in [0.25, 0.3) is 0 Å². The molecule has 1 saturated heterocycles. The van der Waals surface area contributed by atoms with Gasteiger partial charge in [-0.1, -0.05) is 12.1 Å². The van der Waals surface area contributed by atoms with Crippen molar-refractivity contribution in [3.63, 3.8) is 0 Å². The molecule has 0 bridgehead atoms. The summed E-state index contributed by atoms with van der Waals surface area (Å²) in [6.07, 6.45) is 0.458.